The number of nitrogens with zero attached hydrogens (tertiary/aromatic N) is 2. The summed E-state index contributed by atoms with van der Waals surface area (Å²) < 4.78 is 0. The number of carbonyl (C=O) groups is 1. The Morgan fingerprint density at radius 1 is 1.44 bits per heavy atom. The van der Waals surface area contributed by atoms with Gasteiger partial charge in [-0.05, 0) is 30.9 Å². The first-order valence-electron chi connectivity index (χ1n) is 6.68. The van der Waals surface area contributed by atoms with E-state index in [4.69, 9.17) is 5.73 Å². The lowest BCUT2D eigenvalue weighted by atomic mass is 9.98. The zero-order chi connectivity index (χ0) is 13.0. The number of nitrogens with two attached hydrogens (primary N) is 1. The molecular formula is C14H21N3O. The van der Waals surface area contributed by atoms with E-state index < -0.39 is 0 Å². The molecule has 1 amide bonds. The van der Waals surface area contributed by atoms with Crippen LogP contribution in [-0.2, 0) is 11.3 Å². The van der Waals surface area contributed by atoms with Gasteiger partial charge in [-0.15, -0.1) is 0 Å². The molecule has 1 aliphatic rings. The summed E-state index contributed by atoms with van der Waals surface area (Å²) in [5.74, 6) is 1.45. The number of anilines is 1. The van der Waals surface area contributed by atoms with Crippen molar-refractivity contribution in [3.8, 4) is 0 Å². The molecule has 0 aromatic carbocycles. The zero-order valence-corrected chi connectivity index (χ0v) is 10.9. The summed E-state index contributed by atoms with van der Waals surface area (Å²) in [6, 6.07) is 5.57. The van der Waals surface area contributed by atoms with Crippen molar-refractivity contribution in [2.45, 2.75) is 39.2 Å². The first-order valence-corrected chi connectivity index (χ1v) is 6.68. The van der Waals surface area contributed by atoms with E-state index in [0.717, 1.165) is 31.5 Å². The molecule has 0 radical (unpaired) electrons. The number of hydrogen-bond acceptors (Lipinski definition) is 3. The molecule has 1 atom stereocenters. The second-order valence-corrected chi connectivity index (χ2v) is 4.97. The van der Waals surface area contributed by atoms with Crippen LogP contribution in [0.25, 0.3) is 0 Å². The van der Waals surface area contributed by atoms with Crippen LogP contribution in [0.4, 0.5) is 5.82 Å². The molecule has 1 fully saturated rings. The summed E-state index contributed by atoms with van der Waals surface area (Å²) >= 11 is 0. The highest BCUT2D eigenvalue weighted by Gasteiger charge is 2.21. The van der Waals surface area contributed by atoms with Crippen molar-refractivity contribution in [2.24, 2.45) is 5.92 Å². The standard InChI is InChI=1S/C14H21N3O/c1-2-11-6-7-14(18)17(9-8-11)10-12-4-3-5-13(15)16-12/h3-5,11H,2,6-10H2,1H3,(H2,15,16). The van der Waals surface area contributed by atoms with Crippen LogP contribution >= 0.6 is 0 Å². The second kappa shape index (κ2) is 5.85. The van der Waals surface area contributed by atoms with E-state index in [9.17, 15) is 4.79 Å². The van der Waals surface area contributed by atoms with Crippen molar-refractivity contribution in [1.29, 1.82) is 0 Å². The van der Waals surface area contributed by atoms with Crippen LogP contribution in [0.15, 0.2) is 18.2 Å². The minimum Gasteiger partial charge on any atom is -0.384 e. The minimum absolute atomic E-state index is 0.246. The van der Waals surface area contributed by atoms with Crippen LogP contribution in [0.3, 0.4) is 0 Å². The molecule has 18 heavy (non-hydrogen) atoms. The average molecular weight is 247 g/mol. The van der Waals surface area contributed by atoms with Crippen molar-refractivity contribution >= 4 is 11.7 Å². The number of likely N-dealkylation sites (tertiary alicyclic amines) is 1. The highest BCUT2D eigenvalue weighted by Crippen LogP contribution is 2.22. The third-order valence-electron chi connectivity index (χ3n) is 3.68. The van der Waals surface area contributed by atoms with Crippen LogP contribution < -0.4 is 5.73 Å². The fourth-order valence-corrected chi connectivity index (χ4v) is 2.45. The number of rotatable bonds is 3. The molecule has 2 N–H and O–H groups in total. The normalized spacial score (nSPS) is 20.8. The summed E-state index contributed by atoms with van der Waals surface area (Å²) in [5.41, 5.74) is 6.53. The lowest BCUT2D eigenvalue weighted by Gasteiger charge is -2.20. The van der Waals surface area contributed by atoms with Gasteiger partial charge in [-0.3, -0.25) is 4.79 Å². The van der Waals surface area contributed by atoms with Crippen LogP contribution in [0.1, 0.15) is 38.3 Å². The van der Waals surface area contributed by atoms with Gasteiger partial charge in [-0.25, -0.2) is 4.98 Å². The molecule has 1 aromatic heterocycles. The van der Waals surface area contributed by atoms with Crippen LogP contribution in [0.2, 0.25) is 0 Å². The Bertz CT molecular complexity index is 419. The van der Waals surface area contributed by atoms with Gasteiger partial charge in [0.15, 0.2) is 0 Å². The van der Waals surface area contributed by atoms with Gasteiger partial charge >= 0.3 is 0 Å². The maximum absolute atomic E-state index is 12.0. The van der Waals surface area contributed by atoms with E-state index in [1.54, 1.807) is 6.07 Å². The highest BCUT2D eigenvalue weighted by atomic mass is 16.2. The first kappa shape index (κ1) is 12.9. The van der Waals surface area contributed by atoms with E-state index in [1.165, 1.54) is 0 Å². The number of aromatic nitrogens is 1. The molecular weight excluding hydrogens is 226 g/mol. The van der Waals surface area contributed by atoms with Crippen molar-refractivity contribution in [3.63, 3.8) is 0 Å². The third kappa shape index (κ3) is 3.22. The first-order chi connectivity index (χ1) is 8.69. The fourth-order valence-electron chi connectivity index (χ4n) is 2.45. The van der Waals surface area contributed by atoms with Gasteiger partial charge < -0.3 is 10.6 Å². The largest absolute Gasteiger partial charge is 0.384 e. The predicted octanol–water partition coefficient (Wildman–Crippen LogP) is 2.20. The molecule has 0 aliphatic carbocycles. The van der Waals surface area contributed by atoms with Crippen molar-refractivity contribution in [1.82, 2.24) is 9.88 Å². The van der Waals surface area contributed by atoms with E-state index in [0.29, 0.717) is 24.7 Å². The van der Waals surface area contributed by atoms with Gasteiger partial charge in [0, 0.05) is 13.0 Å². The average Bonchev–Trinajstić information content (AvgIpc) is 2.53. The number of carbonyl (C=O) groups excluding carboxylic acids is 1. The molecule has 0 saturated carbocycles. The molecule has 1 saturated heterocycles. The Balaban J connectivity index is 2.01. The van der Waals surface area contributed by atoms with E-state index in [1.807, 2.05) is 17.0 Å². The zero-order valence-electron chi connectivity index (χ0n) is 10.9. The maximum atomic E-state index is 12.0. The lowest BCUT2D eigenvalue weighted by molar-refractivity contribution is -0.131. The number of pyridine rings is 1. The van der Waals surface area contributed by atoms with Crippen molar-refractivity contribution in [2.75, 3.05) is 12.3 Å². The van der Waals surface area contributed by atoms with Gasteiger partial charge in [-0.2, -0.15) is 0 Å². The van der Waals surface area contributed by atoms with Crippen LogP contribution in [-0.4, -0.2) is 22.3 Å². The maximum Gasteiger partial charge on any atom is 0.222 e. The lowest BCUT2D eigenvalue weighted by Crippen LogP contribution is -2.30. The summed E-state index contributed by atoms with van der Waals surface area (Å²) in [4.78, 5) is 18.2. The quantitative estimate of drug-likeness (QED) is 0.890. The van der Waals surface area contributed by atoms with Gasteiger partial charge in [0.2, 0.25) is 5.91 Å². The Labute approximate surface area is 108 Å². The van der Waals surface area contributed by atoms with E-state index in [2.05, 4.69) is 11.9 Å². The summed E-state index contributed by atoms with van der Waals surface area (Å²) in [6.07, 6.45) is 3.96. The van der Waals surface area contributed by atoms with Gasteiger partial charge in [-0.1, -0.05) is 19.4 Å². The fraction of sp³-hybridized carbons (Fsp3) is 0.571. The number of amides is 1. The Morgan fingerprint density at radius 3 is 3.00 bits per heavy atom. The molecule has 1 unspecified atom stereocenters. The smallest absolute Gasteiger partial charge is 0.222 e. The summed E-state index contributed by atoms with van der Waals surface area (Å²) in [5, 5.41) is 0. The predicted molar refractivity (Wildman–Crippen MR) is 71.7 cm³/mol. The molecule has 2 rings (SSSR count). The van der Waals surface area contributed by atoms with Crippen LogP contribution in [0, 0.1) is 5.92 Å². The molecule has 4 nitrogen and oxygen atoms in total. The monoisotopic (exact) mass is 247 g/mol. The second-order valence-electron chi connectivity index (χ2n) is 4.97. The molecule has 98 valence electrons. The number of nitrogen functional groups attached to an aromatic ring is 1. The Hall–Kier alpha value is -1.58. The van der Waals surface area contributed by atoms with Gasteiger partial charge in [0.05, 0.1) is 12.2 Å². The molecule has 0 spiro atoms. The van der Waals surface area contributed by atoms with Crippen molar-refractivity contribution < 1.29 is 4.79 Å². The molecule has 1 aromatic rings. The molecule has 2 heterocycles. The minimum atomic E-state index is 0.246. The van der Waals surface area contributed by atoms with E-state index >= 15 is 0 Å². The van der Waals surface area contributed by atoms with Gasteiger partial charge in [0.25, 0.3) is 0 Å². The van der Waals surface area contributed by atoms with Gasteiger partial charge in [0.1, 0.15) is 5.82 Å². The third-order valence-corrected chi connectivity index (χ3v) is 3.68. The SMILES string of the molecule is CCC1CCC(=O)N(Cc2cccc(N)n2)CC1. The summed E-state index contributed by atoms with van der Waals surface area (Å²) in [7, 11) is 0. The topological polar surface area (TPSA) is 59.2 Å². The Kier molecular flexibility index (Phi) is 4.18. The highest BCUT2D eigenvalue weighted by molar-refractivity contribution is 5.76. The Morgan fingerprint density at radius 2 is 2.28 bits per heavy atom. The van der Waals surface area contributed by atoms with E-state index in [-0.39, 0.29) is 5.91 Å². The summed E-state index contributed by atoms with van der Waals surface area (Å²) in [6.45, 7) is 3.62. The van der Waals surface area contributed by atoms with Crippen molar-refractivity contribution in [3.05, 3.63) is 23.9 Å². The molecule has 0 bridgehead atoms. The molecule has 1 aliphatic heterocycles. The number of hydrogen-bond donors (Lipinski definition) is 1. The van der Waals surface area contributed by atoms with Crippen LogP contribution in [0.5, 0.6) is 0 Å². The molecule has 4 heteroatoms.